The molecule has 0 bridgehead atoms. The fraction of sp³-hybridized carbons (Fsp3) is 0.200. The highest BCUT2D eigenvalue weighted by atomic mass is 35.5. The average Bonchev–Trinajstić information content (AvgIpc) is 2.15. The van der Waals surface area contributed by atoms with E-state index >= 15 is 0 Å². The van der Waals surface area contributed by atoms with Crippen molar-refractivity contribution < 1.29 is 8.78 Å². The number of hydrogen-bond donors (Lipinski definition) is 1. The Morgan fingerprint density at radius 3 is 2.71 bits per heavy atom. The second-order valence-corrected chi connectivity index (χ2v) is 3.27. The fourth-order valence-corrected chi connectivity index (χ4v) is 1.31. The second kappa shape index (κ2) is 4.53. The first kappa shape index (κ1) is 11.1. The van der Waals surface area contributed by atoms with Gasteiger partial charge in [0.25, 0.3) is 0 Å². The molecule has 76 valence electrons. The summed E-state index contributed by atoms with van der Waals surface area (Å²) >= 11 is 5.40. The minimum absolute atomic E-state index is 0.205. The molecular weight excluding hydrogens is 208 g/mol. The van der Waals surface area contributed by atoms with Crippen LogP contribution in [0.4, 0.5) is 8.78 Å². The van der Waals surface area contributed by atoms with Crippen LogP contribution in [0.3, 0.4) is 0 Å². The molecule has 0 radical (unpaired) electrons. The molecule has 4 heteroatoms. The Morgan fingerprint density at radius 2 is 2.14 bits per heavy atom. The molecule has 0 saturated carbocycles. The predicted octanol–water partition coefficient (Wildman–Crippen LogP) is 3.19. The lowest BCUT2D eigenvalue weighted by molar-refractivity contribution is 0.557. The smallest absolute Gasteiger partial charge is 0.149 e. The maximum absolute atomic E-state index is 13.4. The Kier molecular flexibility index (Phi) is 3.61. The van der Waals surface area contributed by atoms with Gasteiger partial charge in [-0.05, 0) is 12.5 Å². The van der Waals surface area contributed by atoms with Gasteiger partial charge in [0, 0.05) is 11.6 Å². The first-order valence-corrected chi connectivity index (χ1v) is 4.45. The van der Waals surface area contributed by atoms with Gasteiger partial charge in [0.2, 0.25) is 0 Å². The van der Waals surface area contributed by atoms with Crippen LogP contribution in [-0.4, -0.2) is 0 Å². The Morgan fingerprint density at radius 1 is 1.50 bits per heavy atom. The molecule has 0 fully saturated rings. The van der Waals surface area contributed by atoms with E-state index < -0.39 is 22.7 Å². The van der Waals surface area contributed by atoms with Gasteiger partial charge in [-0.2, -0.15) is 0 Å². The van der Waals surface area contributed by atoms with Gasteiger partial charge in [-0.3, -0.25) is 0 Å². The van der Waals surface area contributed by atoms with Gasteiger partial charge >= 0.3 is 0 Å². The van der Waals surface area contributed by atoms with Crippen LogP contribution < -0.4 is 5.73 Å². The summed E-state index contributed by atoms with van der Waals surface area (Å²) in [4.78, 5) is 0. The lowest BCUT2D eigenvalue weighted by Gasteiger charge is -2.11. The topological polar surface area (TPSA) is 26.0 Å². The summed E-state index contributed by atoms with van der Waals surface area (Å²) in [6.45, 7) is 3.49. The highest BCUT2D eigenvalue weighted by Gasteiger charge is 2.15. The molecule has 0 heterocycles. The molecule has 1 nitrogen and oxygen atoms in total. The zero-order chi connectivity index (χ0) is 10.7. The summed E-state index contributed by atoms with van der Waals surface area (Å²) in [7, 11) is 0. The lowest BCUT2D eigenvalue weighted by atomic mass is 10.0. The van der Waals surface area contributed by atoms with Gasteiger partial charge in [0.05, 0.1) is 0 Å². The third kappa shape index (κ3) is 2.11. The molecular formula is C10H10ClF2N. The molecule has 0 aliphatic carbocycles. The Balaban J connectivity index is 3.10. The van der Waals surface area contributed by atoms with E-state index in [4.69, 9.17) is 17.3 Å². The average molecular weight is 218 g/mol. The molecule has 14 heavy (non-hydrogen) atoms. The van der Waals surface area contributed by atoms with E-state index in [1.54, 1.807) is 6.08 Å². The largest absolute Gasteiger partial charge is 0.324 e. The third-order valence-electron chi connectivity index (χ3n) is 1.89. The van der Waals surface area contributed by atoms with E-state index in [0.29, 0.717) is 6.42 Å². The molecule has 1 atom stereocenters. The van der Waals surface area contributed by atoms with E-state index in [2.05, 4.69) is 6.58 Å². The van der Waals surface area contributed by atoms with Crippen molar-refractivity contribution in [3.63, 3.8) is 0 Å². The van der Waals surface area contributed by atoms with Gasteiger partial charge in [-0.1, -0.05) is 23.7 Å². The summed E-state index contributed by atoms with van der Waals surface area (Å²) in [5, 5.41) is -0.512. The summed E-state index contributed by atoms with van der Waals surface area (Å²) in [6, 6.07) is 1.86. The molecule has 0 saturated heterocycles. The van der Waals surface area contributed by atoms with E-state index in [1.165, 1.54) is 6.07 Å². The third-order valence-corrected chi connectivity index (χ3v) is 2.23. The molecule has 1 aromatic rings. The lowest BCUT2D eigenvalue weighted by Crippen LogP contribution is -2.11. The second-order valence-electron chi connectivity index (χ2n) is 2.90. The van der Waals surface area contributed by atoms with E-state index in [9.17, 15) is 8.78 Å². The highest BCUT2D eigenvalue weighted by Crippen LogP contribution is 2.26. The van der Waals surface area contributed by atoms with Crippen molar-refractivity contribution in [3.8, 4) is 0 Å². The number of hydrogen-bond acceptors (Lipinski definition) is 1. The van der Waals surface area contributed by atoms with Crippen molar-refractivity contribution in [2.45, 2.75) is 12.5 Å². The number of benzene rings is 1. The summed E-state index contributed by atoms with van der Waals surface area (Å²) in [5.41, 5.74) is 5.84. The molecule has 2 N–H and O–H groups in total. The van der Waals surface area contributed by atoms with E-state index in [-0.39, 0.29) is 5.56 Å². The van der Waals surface area contributed by atoms with Crippen LogP contribution in [0.2, 0.25) is 5.02 Å². The van der Waals surface area contributed by atoms with Gasteiger partial charge < -0.3 is 5.73 Å². The number of halogens is 3. The number of rotatable bonds is 3. The Bertz CT molecular complexity index is 352. The van der Waals surface area contributed by atoms with Crippen molar-refractivity contribution in [1.29, 1.82) is 0 Å². The quantitative estimate of drug-likeness (QED) is 0.611. The van der Waals surface area contributed by atoms with Gasteiger partial charge in [0.1, 0.15) is 16.7 Å². The minimum atomic E-state index is -0.791. The van der Waals surface area contributed by atoms with E-state index in [1.807, 2.05) is 0 Å². The van der Waals surface area contributed by atoms with Crippen molar-refractivity contribution in [2.75, 3.05) is 0 Å². The van der Waals surface area contributed by atoms with E-state index in [0.717, 1.165) is 6.07 Å². The molecule has 1 rings (SSSR count). The van der Waals surface area contributed by atoms with Crippen LogP contribution in [0.5, 0.6) is 0 Å². The molecule has 1 aromatic carbocycles. The van der Waals surface area contributed by atoms with Crippen molar-refractivity contribution in [3.05, 3.63) is 47.0 Å². The summed E-state index contributed by atoms with van der Waals surface area (Å²) in [5.74, 6) is -1.57. The van der Waals surface area contributed by atoms with Gasteiger partial charge in [-0.15, -0.1) is 6.58 Å². The molecule has 0 aromatic heterocycles. The normalized spacial score (nSPS) is 12.6. The summed E-state index contributed by atoms with van der Waals surface area (Å²) < 4.78 is 26.1. The van der Waals surface area contributed by atoms with Crippen LogP contribution in [-0.2, 0) is 0 Å². The molecule has 0 spiro atoms. The maximum atomic E-state index is 13.4. The minimum Gasteiger partial charge on any atom is -0.324 e. The van der Waals surface area contributed by atoms with Gasteiger partial charge in [-0.25, -0.2) is 8.78 Å². The van der Waals surface area contributed by atoms with Crippen molar-refractivity contribution in [2.24, 2.45) is 5.73 Å². The summed E-state index contributed by atoms with van der Waals surface area (Å²) in [6.07, 6.45) is 1.99. The first-order valence-electron chi connectivity index (χ1n) is 4.07. The highest BCUT2D eigenvalue weighted by molar-refractivity contribution is 6.30. The van der Waals surface area contributed by atoms with Crippen LogP contribution in [0.1, 0.15) is 18.0 Å². The van der Waals surface area contributed by atoms with Crippen molar-refractivity contribution >= 4 is 11.6 Å². The molecule has 0 amide bonds. The zero-order valence-electron chi connectivity index (χ0n) is 7.43. The fourth-order valence-electron chi connectivity index (χ4n) is 1.13. The first-order chi connectivity index (χ1) is 6.57. The SMILES string of the molecule is C=CC[C@@H](N)c1ccc(F)c(Cl)c1F. The van der Waals surface area contributed by atoms with Crippen molar-refractivity contribution in [1.82, 2.24) is 0 Å². The Labute approximate surface area is 86.2 Å². The van der Waals surface area contributed by atoms with Crippen LogP contribution in [0, 0.1) is 11.6 Å². The molecule has 0 aliphatic heterocycles. The van der Waals surface area contributed by atoms with Crippen LogP contribution >= 0.6 is 11.6 Å². The molecule has 0 aliphatic rings. The van der Waals surface area contributed by atoms with Crippen LogP contribution in [0.25, 0.3) is 0 Å². The predicted molar refractivity (Wildman–Crippen MR) is 53.1 cm³/mol. The molecule has 0 unspecified atom stereocenters. The monoisotopic (exact) mass is 217 g/mol. The zero-order valence-corrected chi connectivity index (χ0v) is 8.19. The number of nitrogens with two attached hydrogens (primary N) is 1. The van der Waals surface area contributed by atoms with Crippen LogP contribution in [0.15, 0.2) is 24.8 Å². The standard InChI is InChI=1S/C10H10ClF2N/c1-2-3-8(14)6-4-5-7(12)9(11)10(6)13/h2,4-5,8H,1,3,14H2/t8-/m1/s1. The Hall–Kier alpha value is -0.930. The van der Waals surface area contributed by atoms with Gasteiger partial charge in [0.15, 0.2) is 0 Å². The maximum Gasteiger partial charge on any atom is 0.149 e.